The zero-order valence-corrected chi connectivity index (χ0v) is 18.0. The number of benzene rings is 1. The normalized spacial score (nSPS) is 18.2. The summed E-state index contributed by atoms with van der Waals surface area (Å²) >= 11 is 6.30. The van der Waals surface area contributed by atoms with E-state index in [0.717, 1.165) is 62.7 Å². The number of amides is 1. The average molecular weight is 423 g/mol. The minimum Gasteiger partial charge on any atom is -0.492 e. The van der Waals surface area contributed by atoms with Crippen molar-refractivity contribution in [2.24, 2.45) is 0 Å². The molecule has 0 bridgehead atoms. The topological polar surface area (TPSA) is 74.9 Å². The first-order chi connectivity index (χ1) is 14.1. The molecule has 160 valence electrons. The van der Waals surface area contributed by atoms with E-state index in [-0.39, 0.29) is 5.91 Å². The maximum atomic E-state index is 12.2. The van der Waals surface area contributed by atoms with Gasteiger partial charge in [-0.3, -0.25) is 9.69 Å². The van der Waals surface area contributed by atoms with E-state index in [0.29, 0.717) is 29.9 Å². The van der Waals surface area contributed by atoms with Crippen LogP contribution >= 0.6 is 11.6 Å². The van der Waals surface area contributed by atoms with Gasteiger partial charge in [-0.25, -0.2) is 0 Å². The molecule has 1 aromatic carbocycles. The Morgan fingerprint density at radius 3 is 2.72 bits per heavy atom. The van der Waals surface area contributed by atoms with Gasteiger partial charge in [-0.05, 0) is 38.0 Å². The fourth-order valence-electron chi connectivity index (χ4n) is 3.26. The van der Waals surface area contributed by atoms with E-state index in [1.165, 1.54) is 0 Å². The van der Waals surface area contributed by atoms with Crippen molar-refractivity contribution in [3.63, 3.8) is 0 Å². The fraction of sp³-hybridized carbons (Fsp3) is 0.571. The third-order valence-electron chi connectivity index (χ3n) is 5.02. The third kappa shape index (κ3) is 6.89. The molecular formula is C21H31ClN4O3. The summed E-state index contributed by atoms with van der Waals surface area (Å²) in [6.07, 6.45) is 2.30. The van der Waals surface area contributed by atoms with Crippen molar-refractivity contribution in [2.45, 2.75) is 25.8 Å². The van der Waals surface area contributed by atoms with Crippen LogP contribution < -0.4 is 20.7 Å². The van der Waals surface area contributed by atoms with Crippen LogP contribution in [0.1, 0.15) is 25.3 Å². The van der Waals surface area contributed by atoms with E-state index < -0.39 is 0 Å². The van der Waals surface area contributed by atoms with Gasteiger partial charge in [-0.15, -0.1) is 0 Å². The number of hydrogen-bond donors (Lipinski definition) is 3. The molecule has 1 saturated carbocycles. The largest absolute Gasteiger partial charge is 0.492 e. The number of anilines is 1. The van der Waals surface area contributed by atoms with Gasteiger partial charge in [-0.1, -0.05) is 11.6 Å². The lowest BCUT2D eigenvalue weighted by Crippen LogP contribution is -2.38. The number of nitrogens with zero attached hydrogens (tertiary/aromatic N) is 1. The minimum atomic E-state index is -0.0542. The monoisotopic (exact) mass is 422 g/mol. The quantitative estimate of drug-likeness (QED) is 0.537. The highest BCUT2D eigenvalue weighted by atomic mass is 35.5. The molecule has 0 aromatic heterocycles. The average Bonchev–Trinajstić information content (AvgIpc) is 3.53. The Morgan fingerprint density at radius 2 is 2.07 bits per heavy atom. The maximum absolute atomic E-state index is 12.2. The molecule has 29 heavy (non-hydrogen) atoms. The molecule has 7 nitrogen and oxygen atoms in total. The second-order valence-corrected chi connectivity index (χ2v) is 7.94. The van der Waals surface area contributed by atoms with Crippen LogP contribution in [0.3, 0.4) is 0 Å². The molecule has 1 heterocycles. The van der Waals surface area contributed by atoms with Gasteiger partial charge in [0.1, 0.15) is 12.4 Å². The summed E-state index contributed by atoms with van der Waals surface area (Å²) in [5.74, 6) is 0.679. The Hall–Kier alpha value is -1.80. The van der Waals surface area contributed by atoms with Crippen molar-refractivity contribution >= 4 is 28.9 Å². The van der Waals surface area contributed by atoms with E-state index in [1.54, 1.807) is 0 Å². The van der Waals surface area contributed by atoms with E-state index in [1.807, 2.05) is 32.2 Å². The lowest BCUT2D eigenvalue weighted by Gasteiger charge is -2.26. The molecule has 1 aliphatic carbocycles. The van der Waals surface area contributed by atoms with Gasteiger partial charge < -0.3 is 25.4 Å². The molecule has 0 radical (unpaired) electrons. The number of halogens is 1. The molecule has 3 rings (SSSR count). The van der Waals surface area contributed by atoms with Crippen molar-refractivity contribution in [1.29, 1.82) is 0 Å². The number of nitrogens with one attached hydrogen (secondary N) is 3. The van der Waals surface area contributed by atoms with E-state index in [9.17, 15) is 4.79 Å². The molecule has 3 N–H and O–H groups in total. The van der Waals surface area contributed by atoms with Crippen molar-refractivity contribution < 1.29 is 14.3 Å². The maximum Gasteiger partial charge on any atom is 0.238 e. The Morgan fingerprint density at radius 1 is 1.31 bits per heavy atom. The molecule has 0 spiro atoms. The third-order valence-corrected chi connectivity index (χ3v) is 5.21. The predicted octanol–water partition coefficient (Wildman–Crippen LogP) is 2.23. The Labute approximate surface area is 177 Å². The van der Waals surface area contributed by atoms with Gasteiger partial charge in [0.15, 0.2) is 0 Å². The SMILES string of the molecule is CN/C(=C(\C)Cl)c1cc(NC(=O)CNC2CC2)ccc1OCCN1CCOCC1. The predicted molar refractivity (Wildman–Crippen MR) is 116 cm³/mol. The van der Waals surface area contributed by atoms with Crippen LogP contribution in [0.4, 0.5) is 5.69 Å². The first kappa shape index (κ1) is 21.9. The molecule has 2 fully saturated rings. The highest BCUT2D eigenvalue weighted by molar-refractivity contribution is 6.32. The molecule has 1 aliphatic heterocycles. The van der Waals surface area contributed by atoms with Crippen LogP contribution in [0, 0.1) is 0 Å². The first-order valence-electron chi connectivity index (χ1n) is 10.2. The molecule has 0 atom stereocenters. The van der Waals surface area contributed by atoms with Crippen LogP contribution in [0.15, 0.2) is 23.2 Å². The smallest absolute Gasteiger partial charge is 0.238 e. The molecule has 1 aromatic rings. The van der Waals surface area contributed by atoms with Gasteiger partial charge in [0.2, 0.25) is 5.91 Å². The Bertz CT molecular complexity index is 727. The van der Waals surface area contributed by atoms with Crippen LogP contribution in [0.25, 0.3) is 5.70 Å². The second-order valence-electron chi connectivity index (χ2n) is 7.38. The van der Waals surface area contributed by atoms with E-state index >= 15 is 0 Å². The van der Waals surface area contributed by atoms with Gasteiger partial charge in [-0.2, -0.15) is 0 Å². The molecule has 1 saturated heterocycles. The molecule has 8 heteroatoms. The van der Waals surface area contributed by atoms with Crippen LogP contribution in [0.5, 0.6) is 5.75 Å². The van der Waals surface area contributed by atoms with Gasteiger partial charge >= 0.3 is 0 Å². The van der Waals surface area contributed by atoms with E-state index in [4.69, 9.17) is 21.1 Å². The van der Waals surface area contributed by atoms with Crippen molar-refractivity contribution in [3.05, 3.63) is 28.8 Å². The summed E-state index contributed by atoms with van der Waals surface area (Å²) in [5.41, 5.74) is 2.32. The lowest BCUT2D eigenvalue weighted by atomic mass is 10.1. The molecule has 0 unspecified atom stereocenters. The summed E-state index contributed by atoms with van der Waals surface area (Å²) < 4.78 is 11.5. The van der Waals surface area contributed by atoms with Gasteiger partial charge in [0.05, 0.1) is 25.5 Å². The highest BCUT2D eigenvalue weighted by Crippen LogP contribution is 2.31. The van der Waals surface area contributed by atoms with Crippen LogP contribution in [-0.4, -0.2) is 69.9 Å². The zero-order chi connectivity index (χ0) is 20.6. The van der Waals surface area contributed by atoms with Gasteiger partial charge in [0, 0.05) is 49.0 Å². The first-order valence-corrected chi connectivity index (χ1v) is 10.6. The van der Waals surface area contributed by atoms with Crippen molar-refractivity contribution in [3.8, 4) is 5.75 Å². The number of carbonyl (C=O) groups excluding carboxylic acids is 1. The number of ether oxygens (including phenoxy) is 2. The highest BCUT2D eigenvalue weighted by Gasteiger charge is 2.21. The zero-order valence-electron chi connectivity index (χ0n) is 17.2. The number of morpholine rings is 1. The lowest BCUT2D eigenvalue weighted by molar-refractivity contribution is -0.115. The van der Waals surface area contributed by atoms with Crippen molar-refractivity contribution in [2.75, 3.05) is 58.4 Å². The fourth-order valence-corrected chi connectivity index (χ4v) is 3.46. The van der Waals surface area contributed by atoms with Crippen molar-refractivity contribution in [1.82, 2.24) is 15.5 Å². The molecule has 2 aliphatic rings. The standard InChI is InChI=1S/C21H31ClN4O3/c1-15(22)21(23-2)18-13-17(25-20(27)14-24-16-3-4-16)5-6-19(18)29-12-9-26-7-10-28-11-8-26/h5-6,13,16,23-24H,3-4,7-12,14H2,1-2H3,(H,25,27)/b21-15+. The Kier molecular flexibility index (Phi) is 8.18. The summed E-state index contributed by atoms with van der Waals surface area (Å²) in [6.45, 7) is 6.96. The summed E-state index contributed by atoms with van der Waals surface area (Å²) in [5, 5.41) is 9.94. The van der Waals surface area contributed by atoms with Crippen LogP contribution in [0.2, 0.25) is 0 Å². The summed E-state index contributed by atoms with van der Waals surface area (Å²) in [7, 11) is 1.82. The molecule has 1 amide bonds. The van der Waals surface area contributed by atoms with E-state index in [2.05, 4.69) is 20.9 Å². The van der Waals surface area contributed by atoms with Gasteiger partial charge in [0.25, 0.3) is 0 Å². The number of rotatable bonds is 10. The summed E-state index contributed by atoms with van der Waals surface area (Å²) in [6, 6.07) is 6.14. The van der Waals surface area contributed by atoms with Crippen LogP contribution in [-0.2, 0) is 9.53 Å². The number of carbonyl (C=O) groups is 1. The minimum absolute atomic E-state index is 0.0542. The Balaban J connectivity index is 1.66. The second kappa shape index (κ2) is 10.8. The molecular weight excluding hydrogens is 392 g/mol. The number of allylic oxidation sites excluding steroid dienone is 1. The number of hydrogen-bond acceptors (Lipinski definition) is 6. The summed E-state index contributed by atoms with van der Waals surface area (Å²) in [4.78, 5) is 14.5.